The predicted octanol–water partition coefficient (Wildman–Crippen LogP) is 3.74. The lowest BCUT2D eigenvalue weighted by molar-refractivity contribution is 0.414. The smallest absolute Gasteiger partial charge is 0.190 e. The molecule has 0 aromatic heterocycles. The summed E-state index contributed by atoms with van der Waals surface area (Å²) in [5.74, 6) is 3.21. The van der Waals surface area contributed by atoms with Gasteiger partial charge in [0.05, 0.1) is 12.8 Å². The molecule has 0 spiro atoms. The Balaban J connectivity index is 0.00000338. The summed E-state index contributed by atoms with van der Waals surface area (Å²) in [5, 5.41) is 6.96. The molecule has 1 fully saturated rings. The highest BCUT2D eigenvalue weighted by molar-refractivity contribution is 14.0. The molecule has 0 saturated carbocycles. The van der Waals surface area contributed by atoms with Crippen LogP contribution in [0.25, 0.3) is 0 Å². The van der Waals surface area contributed by atoms with E-state index in [0.717, 1.165) is 37.9 Å². The summed E-state index contributed by atoms with van der Waals surface area (Å²) in [6.45, 7) is 8.57. The third kappa shape index (κ3) is 6.52. The standard InChI is InChI=1S/C20H34N4O.HI/c1-5-16(6-2)13-22-20(21-3)23-14-17-11-12-24(15-17)18-9-7-8-10-19(18)25-4;/h7-10,16-17H,5-6,11-15H2,1-4H3,(H2,21,22,23);1H. The molecule has 0 bridgehead atoms. The number of benzene rings is 1. The zero-order valence-electron chi connectivity index (χ0n) is 16.6. The molecule has 26 heavy (non-hydrogen) atoms. The molecule has 0 radical (unpaired) electrons. The summed E-state index contributed by atoms with van der Waals surface area (Å²) in [5.41, 5.74) is 1.20. The van der Waals surface area contributed by atoms with Gasteiger partial charge in [0.25, 0.3) is 0 Å². The molecule has 2 N–H and O–H groups in total. The van der Waals surface area contributed by atoms with Gasteiger partial charge in [0.1, 0.15) is 5.75 Å². The van der Waals surface area contributed by atoms with Crippen LogP contribution in [0.5, 0.6) is 5.75 Å². The van der Waals surface area contributed by atoms with Crippen LogP contribution in [-0.4, -0.2) is 46.3 Å². The van der Waals surface area contributed by atoms with Gasteiger partial charge >= 0.3 is 0 Å². The molecule has 1 aliphatic heterocycles. The molecule has 6 heteroatoms. The quantitative estimate of drug-likeness (QED) is 0.343. The number of hydrogen-bond donors (Lipinski definition) is 2. The fourth-order valence-corrected chi connectivity index (χ4v) is 3.39. The van der Waals surface area contributed by atoms with Crippen molar-refractivity contribution in [3.63, 3.8) is 0 Å². The van der Waals surface area contributed by atoms with Crippen LogP contribution in [0.15, 0.2) is 29.3 Å². The Bertz CT molecular complexity index is 548. The Hall–Kier alpha value is -1.18. The minimum Gasteiger partial charge on any atom is -0.495 e. The molecule has 0 amide bonds. The Labute approximate surface area is 176 Å². The highest BCUT2D eigenvalue weighted by Crippen LogP contribution is 2.31. The van der Waals surface area contributed by atoms with Crippen molar-refractivity contribution >= 4 is 35.6 Å². The Morgan fingerprint density at radius 2 is 2.00 bits per heavy atom. The van der Waals surface area contributed by atoms with Crippen molar-refractivity contribution in [2.45, 2.75) is 33.1 Å². The average molecular weight is 474 g/mol. The van der Waals surface area contributed by atoms with Gasteiger partial charge in [-0.25, -0.2) is 0 Å². The molecule has 1 atom stereocenters. The molecular weight excluding hydrogens is 439 g/mol. The molecule has 1 heterocycles. The maximum absolute atomic E-state index is 5.50. The number of methoxy groups -OCH3 is 1. The lowest BCUT2D eigenvalue weighted by Gasteiger charge is -2.22. The highest BCUT2D eigenvalue weighted by atomic mass is 127. The number of rotatable bonds is 8. The van der Waals surface area contributed by atoms with E-state index in [1.54, 1.807) is 7.11 Å². The largest absolute Gasteiger partial charge is 0.495 e. The first-order chi connectivity index (χ1) is 12.2. The second-order valence-electron chi connectivity index (χ2n) is 6.79. The predicted molar refractivity (Wildman–Crippen MR) is 122 cm³/mol. The van der Waals surface area contributed by atoms with E-state index in [1.165, 1.54) is 24.9 Å². The molecule has 148 valence electrons. The summed E-state index contributed by atoms with van der Waals surface area (Å²) < 4.78 is 5.50. The maximum atomic E-state index is 5.50. The number of nitrogens with one attached hydrogen (secondary N) is 2. The summed E-state index contributed by atoms with van der Waals surface area (Å²) >= 11 is 0. The summed E-state index contributed by atoms with van der Waals surface area (Å²) in [4.78, 5) is 6.78. The van der Waals surface area contributed by atoms with E-state index in [4.69, 9.17) is 4.74 Å². The molecule has 1 aromatic carbocycles. The van der Waals surface area contributed by atoms with Crippen LogP contribution in [0.3, 0.4) is 0 Å². The first kappa shape index (κ1) is 22.9. The second kappa shape index (κ2) is 12.3. The molecule has 1 saturated heterocycles. The van der Waals surface area contributed by atoms with Crippen molar-refractivity contribution in [3.8, 4) is 5.75 Å². The van der Waals surface area contributed by atoms with Crippen molar-refractivity contribution < 1.29 is 4.74 Å². The van der Waals surface area contributed by atoms with Gasteiger partial charge in [0, 0.05) is 33.2 Å². The number of anilines is 1. The average Bonchev–Trinajstić information content (AvgIpc) is 3.13. The van der Waals surface area contributed by atoms with Gasteiger partial charge in [0.2, 0.25) is 0 Å². The van der Waals surface area contributed by atoms with E-state index >= 15 is 0 Å². The van der Waals surface area contributed by atoms with Crippen LogP contribution in [0.2, 0.25) is 0 Å². The topological polar surface area (TPSA) is 48.9 Å². The summed E-state index contributed by atoms with van der Waals surface area (Å²) in [6, 6.07) is 8.27. The van der Waals surface area contributed by atoms with Crippen LogP contribution in [-0.2, 0) is 0 Å². The first-order valence-electron chi connectivity index (χ1n) is 9.54. The van der Waals surface area contributed by atoms with Crippen molar-refractivity contribution in [2.24, 2.45) is 16.8 Å². The van der Waals surface area contributed by atoms with Gasteiger partial charge in [-0.1, -0.05) is 38.8 Å². The number of guanidine groups is 1. The number of hydrogen-bond acceptors (Lipinski definition) is 3. The van der Waals surface area contributed by atoms with Crippen LogP contribution in [0, 0.1) is 11.8 Å². The van der Waals surface area contributed by atoms with Gasteiger partial charge in [-0.3, -0.25) is 4.99 Å². The number of nitrogens with zero attached hydrogens (tertiary/aromatic N) is 2. The number of ether oxygens (including phenoxy) is 1. The van der Waals surface area contributed by atoms with E-state index < -0.39 is 0 Å². The van der Waals surface area contributed by atoms with Crippen molar-refractivity contribution in [1.29, 1.82) is 0 Å². The van der Waals surface area contributed by atoms with E-state index in [0.29, 0.717) is 11.8 Å². The summed E-state index contributed by atoms with van der Waals surface area (Å²) in [7, 11) is 3.58. The molecule has 2 rings (SSSR count). The number of para-hydroxylation sites is 2. The Morgan fingerprint density at radius 3 is 2.65 bits per heavy atom. The molecule has 5 nitrogen and oxygen atoms in total. The molecule has 1 aliphatic rings. The lowest BCUT2D eigenvalue weighted by Crippen LogP contribution is -2.42. The fraction of sp³-hybridized carbons (Fsp3) is 0.650. The minimum absolute atomic E-state index is 0. The maximum Gasteiger partial charge on any atom is 0.190 e. The van der Waals surface area contributed by atoms with Crippen LogP contribution in [0.4, 0.5) is 5.69 Å². The van der Waals surface area contributed by atoms with E-state index in [-0.39, 0.29) is 24.0 Å². The van der Waals surface area contributed by atoms with E-state index in [2.05, 4.69) is 46.5 Å². The van der Waals surface area contributed by atoms with Crippen molar-refractivity contribution in [3.05, 3.63) is 24.3 Å². The van der Waals surface area contributed by atoms with Crippen molar-refractivity contribution in [2.75, 3.05) is 45.2 Å². The minimum atomic E-state index is 0. The fourth-order valence-electron chi connectivity index (χ4n) is 3.39. The zero-order chi connectivity index (χ0) is 18.1. The zero-order valence-corrected chi connectivity index (χ0v) is 19.0. The normalized spacial score (nSPS) is 17.2. The first-order valence-corrected chi connectivity index (χ1v) is 9.54. The van der Waals surface area contributed by atoms with Gasteiger partial charge in [0.15, 0.2) is 5.96 Å². The van der Waals surface area contributed by atoms with E-state index in [1.807, 2.05) is 19.2 Å². The molecule has 1 aromatic rings. The van der Waals surface area contributed by atoms with Crippen LogP contribution in [0.1, 0.15) is 33.1 Å². The Morgan fingerprint density at radius 1 is 1.27 bits per heavy atom. The highest BCUT2D eigenvalue weighted by Gasteiger charge is 2.24. The van der Waals surface area contributed by atoms with Gasteiger partial charge < -0.3 is 20.3 Å². The second-order valence-corrected chi connectivity index (χ2v) is 6.79. The van der Waals surface area contributed by atoms with E-state index in [9.17, 15) is 0 Å². The monoisotopic (exact) mass is 474 g/mol. The molecular formula is C20H35IN4O. The van der Waals surface area contributed by atoms with Gasteiger partial charge in [-0.15, -0.1) is 24.0 Å². The van der Waals surface area contributed by atoms with Crippen molar-refractivity contribution in [1.82, 2.24) is 10.6 Å². The summed E-state index contributed by atoms with van der Waals surface area (Å²) in [6.07, 6.45) is 3.60. The Kier molecular flexibility index (Phi) is 10.8. The third-order valence-electron chi connectivity index (χ3n) is 5.21. The van der Waals surface area contributed by atoms with Crippen LogP contribution < -0.4 is 20.3 Å². The van der Waals surface area contributed by atoms with Gasteiger partial charge in [-0.2, -0.15) is 0 Å². The SMILES string of the molecule is CCC(CC)CNC(=NC)NCC1CCN(c2ccccc2OC)C1.I. The van der Waals surface area contributed by atoms with Crippen LogP contribution >= 0.6 is 24.0 Å². The number of aliphatic imine (C=N–C) groups is 1. The molecule has 0 aliphatic carbocycles. The third-order valence-corrected chi connectivity index (χ3v) is 5.21. The molecule has 1 unspecified atom stereocenters. The lowest BCUT2D eigenvalue weighted by atomic mass is 10.0. The van der Waals surface area contributed by atoms with Gasteiger partial charge in [-0.05, 0) is 30.4 Å². The number of halogens is 1.